The van der Waals surface area contributed by atoms with E-state index in [0.717, 1.165) is 70.3 Å². The fourth-order valence-electron chi connectivity index (χ4n) is 5.23. The molecule has 0 atom stereocenters. The van der Waals surface area contributed by atoms with Crippen LogP contribution in [0.1, 0.15) is 28.1 Å². The molecule has 0 N–H and O–H groups in total. The molecule has 5 heteroatoms. The molecule has 0 aliphatic carbocycles. The van der Waals surface area contributed by atoms with Gasteiger partial charge in [-0.15, -0.1) is 0 Å². The molecule has 0 saturated heterocycles. The van der Waals surface area contributed by atoms with Crippen LogP contribution in [-0.4, -0.2) is 50.8 Å². The van der Waals surface area contributed by atoms with Crippen molar-refractivity contribution >= 4 is 0 Å². The molecule has 0 bridgehead atoms. The van der Waals surface area contributed by atoms with Gasteiger partial charge in [-0.3, -0.25) is 24.7 Å². The lowest BCUT2D eigenvalue weighted by molar-refractivity contribution is 0.157. The normalized spacial score (nSPS) is 11.4. The highest BCUT2D eigenvalue weighted by Crippen LogP contribution is 2.13. The van der Waals surface area contributed by atoms with Gasteiger partial charge in [0.15, 0.2) is 0 Å². The van der Waals surface area contributed by atoms with Crippen molar-refractivity contribution < 1.29 is 0 Å². The first-order valence-electron chi connectivity index (χ1n) is 14.9. The first kappa shape index (κ1) is 29.3. The van der Waals surface area contributed by atoms with E-state index in [0.29, 0.717) is 0 Å². The lowest BCUT2D eigenvalue weighted by Gasteiger charge is -2.30. The molecule has 2 aromatic heterocycles. The van der Waals surface area contributed by atoms with Crippen molar-refractivity contribution in [1.29, 1.82) is 0 Å². The van der Waals surface area contributed by atoms with E-state index >= 15 is 0 Å². The smallest absolute Gasteiger partial charge is 0.0544 e. The number of aromatic nitrogens is 2. The molecule has 0 radical (unpaired) electrons. The number of hydrogen-bond acceptors (Lipinski definition) is 5. The summed E-state index contributed by atoms with van der Waals surface area (Å²) in [7, 11) is 0. The Hall–Kier alpha value is -4.16. The molecule has 42 heavy (non-hydrogen) atoms. The molecule has 5 aromatic rings. The van der Waals surface area contributed by atoms with Crippen molar-refractivity contribution in [3.05, 3.63) is 168 Å². The van der Waals surface area contributed by atoms with E-state index in [9.17, 15) is 0 Å². The van der Waals surface area contributed by atoms with E-state index in [4.69, 9.17) is 0 Å². The molecule has 0 spiro atoms. The highest BCUT2D eigenvalue weighted by molar-refractivity contribution is 5.17. The fourth-order valence-corrected chi connectivity index (χ4v) is 5.23. The number of rotatable bonds is 16. The third-order valence-corrected chi connectivity index (χ3v) is 7.44. The second-order valence-electron chi connectivity index (χ2n) is 10.8. The summed E-state index contributed by atoms with van der Waals surface area (Å²) in [6.45, 7) is 8.23. The molecule has 0 saturated carbocycles. The van der Waals surface area contributed by atoms with Crippen molar-refractivity contribution in [2.24, 2.45) is 0 Å². The summed E-state index contributed by atoms with van der Waals surface area (Å²) in [5.41, 5.74) is 6.20. The van der Waals surface area contributed by atoms with Crippen LogP contribution in [0, 0.1) is 0 Å². The number of hydrogen-bond donors (Lipinski definition) is 0. The van der Waals surface area contributed by atoms with Gasteiger partial charge in [-0.25, -0.2) is 0 Å². The van der Waals surface area contributed by atoms with E-state index in [1.165, 1.54) is 16.7 Å². The van der Waals surface area contributed by atoms with Crippen LogP contribution >= 0.6 is 0 Å². The Morgan fingerprint density at radius 2 is 0.667 bits per heavy atom. The zero-order chi connectivity index (χ0) is 28.7. The average molecular weight is 556 g/mol. The molecule has 0 amide bonds. The van der Waals surface area contributed by atoms with Crippen LogP contribution in [0.5, 0.6) is 0 Å². The maximum absolute atomic E-state index is 4.63. The Morgan fingerprint density at radius 1 is 0.333 bits per heavy atom. The first-order valence-corrected chi connectivity index (χ1v) is 14.9. The SMILES string of the molecule is c1ccc(CN(CCN(Cc2ccccc2)Cc2ccccn2)CCN(Cc2ccccc2)Cc2ccccn2)cc1. The fraction of sp³-hybridized carbons (Fsp3) is 0.243. The van der Waals surface area contributed by atoms with Gasteiger partial charge in [-0.1, -0.05) is 103 Å². The highest BCUT2D eigenvalue weighted by Gasteiger charge is 2.15. The van der Waals surface area contributed by atoms with Gasteiger partial charge in [0.25, 0.3) is 0 Å². The Morgan fingerprint density at radius 3 is 1.02 bits per heavy atom. The predicted octanol–water partition coefficient (Wildman–Crippen LogP) is 6.68. The molecule has 0 unspecified atom stereocenters. The van der Waals surface area contributed by atoms with E-state index < -0.39 is 0 Å². The molecule has 0 fully saturated rings. The number of nitrogens with zero attached hydrogens (tertiary/aromatic N) is 5. The maximum Gasteiger partial charge on any atom is 0.0544 e. The second-order valence-corrected chi connectivity index (χ2v) is 10.8. The van der Waals surface area contributed by atoms with Gasteiger partial charge in [0.1, 0.15) is 0 Å². The van der Waals surface area contributed by atoms with Crippen molar-refractivity contribution in [3.8, 4) is 0 Å². The number of pyridine rings is 2. The molecular formula is C37H41N5. The quantitative estimate of drug-likeness (QED) is 0.136. The summed E-state index contributed by atoms with van der Waals surface area (Å²) < 4.78 is 0. The summed E-state index contributed by atoms with van der Waals surface area (Å²) in [6.07, 6.45) is 3.78. The minimum absolute atomic E-state index is 0.828. The third kappa shape index (κ3) is 10.0. The molecular weight excluding hydrogens is 514 g/mol. The summed E-state index contributed by atoms with van der Waals surface area (Å²) in [4.78, 5) is 16.9. The Kier molecular flexibility index (Phi) is 11.4. The van der Waals surface area contributed by atoms with E-state index in [2.05, 4.69) is 140 Å². The third-order valence-electron chi connectivity index (χ3n) is 7.44. The van der Waals surface area contributed by atoms with Crippen molar-refractivity contribution in [1.82, 2.24) is 24.7 Å². The topological polar surface area (TPSA) is 35.5 Å². The van der Waals surface area contributed by atoms with Crippen molar-refractivity contribution in [2.75, 3.05) is 26.2 Å². The number of benzene rings is 3. The Labute approximate surface area is 251 Å². The monoisotopic (exact) mass is 555 g/mol. The van der Waals surface area contributed by atoms with E-state index in [-0.39, 0.29) is 0 Å². The van der Waals surface area contributed by atoms with Crippen LogP contribution in [0.2, 0.25) is 0 Å². The van der Waals surface area contributed by atoms with Crippen LogP contribution in [0.4, 0.5) is 0 Å². The summed E-state index contributed by atoms with van der Waals surface area (Å²) in [5.74, 6) is 0. The van der Waals surface area contributed by atoms with E-state index in [1.54, 1.807) is 0 Å². The van der Waals surface area contributed by atoms with Gasteiger partial charge in [0.2, 0.25) is 0 Å². The molecule has 3 aromatic carbocycles. The molecule has 2 heterocycles. The molecule has 214 valence electrons. The molecule has 0 aliphatic rings. The van der Waals surface area contributed by atoms with Gasteiger partial charge in [0.05, 0.1) is 11.4 Å². The molecule has 5 rings (SSSR count). The van der Waals surface area contributed by atoms with Crippen LogP contribution in [0.3, 0.4) is 0 Å². The minimum Gasteiger partial charge on any atom is -0.297 e. The lowest BCUT2D eigenvalue weighted by atomic mass is 10.2. The standard InChI is InChI=1S/C37H41N5/c1-4-14-33(15-5-1)28-40(24-26-41(29-34-16-6-2-7-17-34)31-36-20-10-12-22-38-36)25-27-42(30-35-18-8-3-9-19-35)32-37-21-11-13-23-39-37/h1-23H,24-32H2. The Bertz CT molecular complexity index is 1230. The minimum atomic E-state index is 0.828. The van der Waals surface area contributed by atoms with Crippen LogP contribution < -0.4 is 0 Å². The van der Waals surface area contributed by atoms with Crippen molar-refractivity contribution in [3.63, 3.8) is 0 Å². The largest absolute Gasteiger partial charge is 0.297 e. The van der Waals surface area contributed by atoms with Crippen LogP contribution in [0.25, 0.3) is 0 Å². The molecule has 5 nitrogen and oxygen atoms in total. The zero-order valence-corrected chi connectivity index (χ0v) is 24.4. The predicted molar refractivity (Wildman–Crippen MR) is 171 cm³/mol. The van der Waals surface area contributed by atoms with Crippen LogP contribution in [-0.2, 0) is 32.7 Å². The molecule has 0 aliphatic heterocycles. The average Bonchev–Trinajstić information content (AvgIpc) is 3.04. The van der Waals surface area contributed by atoms with Gasteiger partial charge in [-0.2, -0.15) is 0 Å². The summed E-state index contributed by atoms with van der Waals surface area (Å²) >= 11 is 0. The summed E-state index contributed by atoms with van der Waals surface area (Å²) in [5, 5.41) is 0. The highest BCUT2D eigenvalue weighted by atomic mass is 15.2. The van der Waals surface area contributed by atoms with Crippen molar-refractivity contribution in [2.45, 2.75) is 32.7 Å². The Balaban J connectivity index is 1.29. The zero-order valence-electron chi connectivity index (χ0n) is 24.4. The summed E-state index contributed by atoms with van der Waals surface area (Å²) in [6, 6.07) is 44.7. The second kappa shape index (κ2) is 16.3. The van der Waals surface area contributed by atoms with Gasteiger partial charge in [-0.05, 0) is 41.0 Å². The van der Waals surface area contributed by atoms with Crippen LogP contribution in [0.15, 0.2) is 140 Å². The van der Waals surface area contributed by atoms with E-state index in [1.807, 2.05) is 24.5 Å². The first-order chi connectivity index (χ1) is 20.8. The lowest BCUT2D eigenvalue weighted by Crippen LogP contribution is -2.39. The van der Waals surface area contributed by atoms with Gasteiger partial charge in [0, 0.05) is 71.3 Å². The van der Waals surface area contributed by atoms with Gasteiger partial charge >= 0.3 is 0 Å². The van der Waals surface area contributed by atoms with Gasteiger partial charge < -0.3 is 0 Å². The maximum atomic E-state index is 4.63.